The van der Waals surface area contributed by atoms with Crippen molar-refractivity contribution in [1.29, 1.82) is 0 Å². The summed E-state index contributed by atoms with van der Waals surface area (Å²) in [4.78, 5) is 27.2. The number of aryl methyl sites for hydroxylation is 2. The molecular formula is C21H22N4O3. The van der Waals surface area contributed by atoms with Gasteiger partial charge in [0.2, 0.25) is 0 Å². The molecule has 3 heterocycles. The van der Waals surface area contributed by atoms with Gasteiger partial charge in [-0.3, -0.25) is 14.3 Å². The fourth-order valence-corrected chi connectivity index (χ4v) is 3.41. The minimum atomic E-state index is -0.260. The minimum absolute atomic E-state index is 0.119. The fourth-order valence-electron chi connectivity index (χ4n) is 3.41. The molecule has 0 saturated heterocycles. The molecule has 0 bridgehead atoms. The summed E-state index contributed by atoms with van der Waals surface area (Å²) >= 11 is 0. The highest BCUT2D eigenvalue weighted by atomic mass is 16.3. The number of amides is 2. The second kappa shape index (κ2) is 7.72. The first kappa shape index (κ1) is 18.0. The van der Waals surface area contributed by atoms with Gasteiger partial charge in [0, 0.05) is 24.3 Å². The Morgan fingerprint density at radius 1 is 1.18 bits per heavy atom. The van der Waals surface area contributed by atoms with Gasteiger partial charge in [0.25, 0.3) is 11.8 Å². The Bertz CT molecular complexity index is 990. The lowest BCUT2D eigenvalue weighted by Crippen LogP contribution is -2.31. The van der Waals surface area contributed by atoms with Crippen LogP contribution in [0.3, 0.4) is 0 Å². The van der Waals surface area contributed by atoms with Crippen molar-refractivity contribution < 1.29 is 14.0 Å². The van der Waals surface area contributed by atoms with E-state index in [1.807, 2.05) is 48.0 Å². The van der Waals surface area contributed by atoms with Crippen molar-refractivity contribution in [2.24, 2.45) is 0 Å². The van der Waals surface area contributed by atoms with E-state index in [-0.39, 0.29) is 11.8 Å². The van der Waals surface area contributed by atoms with Crippen LogP contribution in [0.4, 0.5) is 5.69 Å². The Kier molecular flexibility index (Phi) is 4.97. The molecule has 1 aliphatic rings. The van der Waals surface area contributed by atoms with Crippen LogP contribution < -0.4 is 5.32 Å². The van der Waals surface area contributed by atoms with E-state index < -0.39 is 0 Å². The van der Waals surface area contributed by atoms with Gasteiger partial charge in [0.15, 0.2) is 11.5 Å². The van der Waals surface area contributed by atoms with E-state index >= 15 is 0 Å². The standard InChI is InChI=1S/C21H22N4O3/c1-2-15-9-12-28-19(15)21(27)24-10-6-11-25-17(14-24)13-18(23-25)20(26)22-16-7-4-3-5-8-16/h3-5,7-9,12-13H,2,6,10-11,14H2,1H3,(H,22,26). The zero-order valence-electron chi connectivity index (χ0n) is 15.7. The molecule has 0 aliphatic carbocycles. The van der Waals surface area contributed by atoms with Crippen molar-refractivity contribution in [3.63, 3.8) is 0 Å². The summed E-state index contributed by atoms with van der Waals surface area (Å²) in [7, 11) is 0. The number of hydrogen-bond acceptors (Lipinski definition) is 4. The van der Waals surface area contributed by atoms with Crippen LogP contribution in [0.15, 0.2) is 53.1 Å². The average Bonchev–Trinajstić information content (AvgIpc) is 3.30. The van der Waals surface area contributed by atoms with Crippen molar-refractivity contribution in [3.05, 3.63) is 71.4 Å². The van der Waals surface area contributed by atoms with Gasteiger partial charge in [-0.1, -0.05) is 25.1 Å². The smallest absolute Gasteiger partial charge is 0.290 e. The lowest BCUT2D eigenvalue weighted by molar-refractivity contribution is 0.0712. The maximum atomic E-state index is 12.9. The Morgan fingerprint density at radius 2 is 2.00 bits per heavy atom. The number of benzene rings is 1. The van der Waals surface area contributed by atoms with E-state index in [2.05, 4.69) is 10.4 Å². The molecule has 3 aromatic rings. The molecule has 0 atom stereocenters. The molecular weight excluding hydrogens is 356 g/mol. The highest BCUT2D eigenvalue weighted by Gasteiger charge is 2.26. The maximum absolute atomic E-state index is 12.9. The van der Waals surface area contributed by atoms with Crippen molar-refractivity contribution in [1.82, 2.24) is 14.7 Å². The highest BCUT2D eigenvalue weighted by Crippen LogP contribution is 2.20. The SMILES string of the molecule is CCc1ccoc1C(=O)N1CCCn2nc(C(=O)Nc3ccccc3)cc2C1. The molecule has 0 spiro atoms. The van der Waals surface area contributed by atoms with Crippen molar-refractivity contribution in [2.45, 2.75) is 32.9 Å². The predicted octanol–water partition coefficient (Wildman–Crippen LogP) is 3.34. The zero-order valence-corrected chi connectivity index (χ0v) is 15.7. The molecule has 0 saturated carbocycles. The van der Waals surface area contributed by atoms with Gasteiger partial charge in [-0.15, -0.1) is 0 Å². The number of hydrogen-bond donors (Lipinski definition) is 1. The first-order valence-corrected chi connectivity index (χ1v) is 9.44. The molecule has 1 aromatic carbocycles. The van der Waals surface area contributed by atoms with Crippen LogP contribution in [0.2, 0.25) is 0 Å². The van der Waals surface area contributed by atoms with E-state index in [9.17, 15) is 9.59 Å². The number of carbonyl (C=O) groups excluding carboxylic acids is 2. The zero-order chi connectivity index (χ0) is 19.5. The molecule has 7 heteroatoms. The van der Waals surface area contributed by atoms with Crippen molar-refractivity contribution in [3.8, 4) is 0 Å². The summed E-state index contributed by atoms with van der Waals surface area (Å²) in [6.45, 7) is 3.68. The summed E-state index contributed by atoms with van der Waals surface area (Å²) in [5, 5.41) is 7.28. The number of aromatic nitrogens is 2. The average molecular weight is 378 g/mol. The first-order valence-electron chi connectivity index (χ1n) is 9.44. The third-order valence-electron chi connectivity index (χ3n) is 4.89. The summed E-state index contributed by atoms with van der Waals surface area (Å²) in [6.07, 6.45) is 3.07. The van der Waals surface area contributed by atoms with E-state index in [0.29, 0.717) is 31.1 Å². The lowest BCUT2D eigenvalue weighted by Gasteiger charge is -2.19. The van der Waals surface area contributed by atoms with E-state index in [1.54, 1.807) is 17.2 Å². The number of rotatable bonds is 4. The Hall–Kier alpha value is -3.35. The second-order valence-corrected chi connectivity index (χ2v) is 6.77. The van der Waals surface area contributed by atoms with Crippen LogP contribution in [0, 0.1) is 0 Å². The lowest BCUT2D eigenvalue weighted by atomic mass is 10.2. The molecule has 0 radical (unpaired) electrons. The number of anilines is 1. The van der Waals surface area contributed by atoms with Gasteiger partial charge in [-0.25, -0.2) is 0 Å². The third-order valence-corrected chi connectivity index (χ3v) is 4.89. The van der Waals surface area contributed by atoms with Crippen LogP contribution in [-0.2, 0) is 19.5 Å². The number of nitrogens with zero attached hydrogens (tertiary/aromatic N) is 3. The molecule has 28 heavy (non-hydrogen) atoms. The molecule has 2 amide bonds. The first-order chi connectivity index (χ1) is 13.7. The second-order valence-electron chi connectivity index (χ2n) is 6.77. The fraction of sp³-hybridized carbons (Fsp3) is 0.286. The molecule has 0 fully saturated rings. The molecule has 2 aromatic heterocycles. The summed E-state index contributed by atoms with van der Waals surface area (Å²) in [5.41, 5.74) is 2.82. The van der Waals surface area contributed by atoms with Crippen LogP contribution in [-0.4, -0.2) is 33.0 Å². The maximum Gasteiger partial charge on any atom is 0.290 e. The normalized spacial score (nSPS) is 13.7. The largest absolute Gasteiger partial charge is 0.459 e. The monoisotopic (exact) mass is 378 g/mol. The molecule has 144 valence electrons. The van der Waals surface area contributed by atoms with Crippen LogP contribution in [0.25, 0.3) is 0 Å². The number of fused-ring (bicyclic) bond motifs is 1. The van der Waals surface area contributed by atoms with Gasteiger partial charge >= 0.3 is 0 Å². The van der Waals surface area contributed by atoms with Gasteiger partial charge in [0.05, 0.1) is 18.5 Å². The van der Waals surface area contributed by atoms with E-state index in [4.69, 9.17) is 4.42 Å². The van der Waals surface area contributed by atoms with Crippen LogP contribution in [0.5, 0.6) is 0 Å². The van der Waals surface area contributed by atoms with Crippen molar-refractivity contribution in [2.75, 3.05) is 11.9 Å². The van der Waals surface area contributed by atoms with E-state index in [0.717, 1.165) is 29.8 Å². The van der Waals surface area contributed by atoms with Gasteiger partial charge in [0.1, 0.15) is 0 Å². The summed E-state index contributed by atoms with van der Waals surface area (Å²) in [6, 6.07) is 12.9. The molecule has 1 aliphatic heterocycles. The van der Waals surface area contributed by atoms with Crippen molar-refractivity contribution >= 4 is 17.5 Å². The Balaban J connectivity index is 1.52. The number of para-hydroxylation sites is 1. The molecule has 7 nitrogen and oxygen atoms in total. The summed E-state index contributed by atoms with van der Waals surface area (Å²) < 4.78 is 7.25. The quantitative estimate of drug-likeness (QED) is 0.755. The number of carbonyl (C=O) groups is 2. The molecule has 0 unspecified atom stereocenters. The minimum Gasteiger partial charge on any atom is -0.459 e. The Labute approximate surface area is 162 Å². The highest BCUT2D eigenvalue weighted by molar-refractivity contribution is 6.03. The van der Waals surface area contributed by atoms with Gasteiger partial charge < -0.3 is 14.6 Å². The van der Waals surface area contributed by atoms with E-state index in [1.165, 1.54) is 0 Å². The molecule has 1 N–H and O–H groups in total. The molecule has 4 rings (SSSR count). The summed E-state index contributed by atoms with van der Waals surface area (Å²) in [5.74, 6) is 0.0215. The van der Waals surface area contributed by atoms with Gasteiger partial charge in [-0.2, -0.15) is 5.10 Å². The topological polar surface area (TPSA) is 80.4 Å². The number of nitrogens with one attached hydrogen (secondary N) is 1. The third kappa shape index (κ3) is 3.55. The predicted molar refractivity (Wildman–Crippen MR) is 104 cm³/mol. The van der Waals surface area contributed by atoms with Crippen LogP contribution in [0.1, 0.15) is 45.6 Å². The van der Waals surface area contributed by atoms with Crippen LogP contribution >= 0.6 is 0 Å². The Morgan fingerprint density at radius 3 is 2.79 bits per heavy atom. The number of furan rings is 1. The van der Waals surface area contributed by atoms with Gasteiger partial charge in [-0.05, 0) is 37.1 Å².